The van der Waals surface area contributed by atoms with E-state index in [9.17, 15) is 9.50 Å². The molecule has 0 radical (unpaired) electrons. The van der Waals surface area contributed by atoms with Gasteiger partial charge in [-0.1, -0.05) is 19.4 Å². The maximum atomic E-state index is 13.1. The summed E-state index contributed by atoms with van der Waals surface area (Å²) in [5, 5.41) is 13.8. The Kier molecular flexibility index (Phi) is 4.36. The van der Waals surface area contributed by atoms with E-state index in [1.165, 1.54) is 18.6 Å². The minimum atomic E-state index is -0.542. The van der Waals surface area contributed by atoms with Crippen LogP contribution in [0.3, 0.4) is 0 Å². The summed E-state index contributed by atoms with van der Waals surface area (Å²) in [6.07, 6.45) is 2.80. The number of hydrogen-bond acceptors (Lipinski definition) is 2. The van der Waals surface area contributed by atoms with Crippen LogP contribution in [-0.2, 0) is 0 Å². The number of nitrogens with one attached hydrogen (secondary N) is 1. The van der Waals surface area contributed by atoms with Crippen molar-refractivity contribution >= 4 is 0 Å². The first-order valence-electron chi connectivity index (χ1n) is 6.79. The second-order valence-electron chi connectivity index (χ2n) is 5.31. The second-order valence-corrected chi connectivity index (χ2v) is 5.31. The molecule has 1 fully saturated rings. The molecule has 0 aromatic heterocycles. The molecule has 1 aromatic rings. The fourth-order valence-corrected chi connectivity index (χ4v) is 2.83. The van der Waals surface area contributed by atoms with E-state index in [2.05, 4.69) is 12.2 Å². The Morgan fingerprint density at radius 1 is 1.50 bits per heavy atom. The molecule has 0 aliphatic carbocycles. The van der Waals surface area contributed by atoms with Crippen LogP contribution in [0.25, 0.3) is 0 Å². The molecule has 1 aromatic carbocycles. The Bertz CT molecular complexity index is 407. The fourth-order valence-electron chi connectivity index (χ4n) is 2.83. The molecule has 18 heavy (non-hydrogen) atoms. The van der Waals surface area contributed by atoms with Crippen LogP contribution in [0, 0.1) is 18.7 Å². The summed E-state index contributed by atoms with van der Waals surface area (Å²) in [5.41, 5.74) is 1.66. The molecular formula is C15H22FNO. The molecule has 3 atom stereocenters. The van der Waals surface area contributed by atoms with Crippen LogP contribution in [0.2, 0.25) is 0 Å². The molecule has 3 heteroatoms. The standard InChI is InChI=1S/C15H22FNO/c1-3-11-6-7-17-14(9-11)15(18)13-5-4-12(16)8-10(13)2/h4-5,8,11,14-15,17-18H,3,6-7,9H2,1-2H3. The third-order valence-corrected chi connectivity index (χ3v) is 4.06. The summed E-state index contributed by atoms with van der Waals surface area (Å²) >= 11 is 0. The highest BCUT2D eigenvalue weighted by atomic mass is 19.1. The van der Waals surface area contributed by atoms with E-state index in [-0.39, 0.29) is 11.9 Å². The normalized spacial score (nSPS) is 26.0. The number of halogens is 1. The smallest absolute Gasteiger partial charge is 0.123 e. The SMILES string of the molecule is CCC1CCNC(C(O)c2ccc(F)cc2C)C1. The summed E-state index contributed by atoms with van der Waals surface area (Å²) in [6, 6.07) is 4.70. The number of hydrogen-bond donors (Lipinski definition) is 2. The Morgan fingerprint density at radius 2 is 2.28 bits per heavy atom. The molecule has 1 heterocycles. The van der Waals surface area contributed by atoms with Gasteiger partial charge in [-0.2, -0.15) is 0 Å². The van der Waals surface area contributed by atoms with E-state index >= 15 is 0 Å². The van der Waals surface area contributed by atoms with E-state index in [4.69, 9.17) is 0 Å². The Labute approximate surface area is 108 Å². The predicted molar refractivity (Wildman–Crippen MR) is 70.9 cm³/mol. The summed E-state index contributed by atoms with van der Waals surface area (Å²) < 4.78 is 13.1. The summed E-state index contributed by atoms with van der Waals surface area (Å²) in [6.45, 7) is 5.00. The Morgan fingerprint density at radius 3 is 2.94 bits per heavy atom. The average Bonchev–Trinajstić information content (AvgIpc) is 2.38. The van der Waals surface area contributed by atoms with Crippen molar-refractivity contribution < 1.29 is 9.50 Å². The molecule has 3 unspecified atom stereocenters. The lowest BCUT2D eigenvalue weighted by Gasteiger charge is -2.33. The number of aryl methyl sites for hydroxylation is 1. The monoisotopic (exact) mass is 251 g/mol. The zero-order valence-electron chi connectivity index (χ0n) is 11.1. The van der Waals surface area contributed by atoms with Crippen molar-refractivity contribution in [1.29, 1.82) is 0 Å². The van der Waals surface area contributed by atoms with E-state index in [0.29, 0.717) is 5.92 Å². The van der Waals surface area contributed by atoms with Crippen LogP contribution in [0.15, 0.2) is 18.2 Å². The Hall–Kier alpha value is -0.930. The van der Waals surface area contributed by atoms with Gasteiger partial charge in [0.25, 0.3) is 0 Å². The van der Waals surface area contributed by atoms with Crippen molar-refractivity contribution in [3.8, 4) is 0 Å². The first kappa shape index (κ1) is 13.5. The van der Waals surface area contributed by atoms with Crippen molar-refractivity contribution in [2.24, 2.45) is 5.92 Å². The minimum Gasteiger partial charge on any atom is -0.387 e. The highest BCUT2D eigenvalue weighted by Crippen LogP contribution is 2.29. The van der Waals surface area contributed by atoms with Crippen LogP contribution in [0.5, 0.6) is 0 Å². The molecule has 0 amide bonds. The van der Waals surface area contributed by atoms with Crippen LogP contribution in [-0.4, -0.2) is 17.7 Å². The van der Waals surface area contributed by atoms with Gasteiger partial charge < -0.3 is 10.4 Å². The first-order valence-corrected chi connectivity index (χ1v) is 6.79. The van der Waals surface area contributed by atoms with Crippen LogP contribution < -0.4 is 5.32 Å². The van der Waals surface area contributed by atoms with Gasteiger partial charge in [-0.05, 0) is 55.5 Å². The molecule has 1 aliphatic rings. The molecule has 2 N–H and O–H groups in total. The van der Waals surface area contributed by atoms with Crippen molar-refractivity contribution in [2.45, 2.75) is 45.3 Å². The van der Waals surface area contributed by atoms with Crippen LogP contribution in [0.4, 0.5) is 4.39 Å². The number of aliphatic hydroxyl groups is 1. The maximum absolute atomic E-state index is 13.1. The topological polar surface area (TPSA) is 32.3 Å². The van der Waals surface area contributed by atoms with Crippen LogP contribution >= 0.6 is 0 Å². The average molecular weight is 251 g/mol. The predicted octanol–water partition coefficient (Wildman–Crippen LogP) is 2.95. The molecule has 1 aliphatic heterocycles. The van der Waals surface area contributed by atoms with Gasteiger partial charge in [-0.25, -0.2) is 4.39 Å². The third kappa shape index (κ3) is 2.90. The lowest BCUT2D eigenvalue weighted by molar-refractivity contribution is 0.0973. The number of rotatable bonds is 3. The molecule has 1 saturated heterocycles. The third-order valence-electron chi connectivity index (χ3n) is 4.06. The van der Waals surface area contributed by atoms with E-state index in [1.807, 2.05) is 6.92 Å². The molecule has 0 spiro atoms. The fraction of sp³-hybridized carbons (Fsp3) is 0.600. The summed E-state index contributed by atoms with van der Waals surface area (Å²) in [7, 11) is 0. The molecule has 2 nitrogen and oxygen atoms in total. The van der Waals surface area contributed by atoms with Gasteiger partial charge in [-0.3, -0.25) is 0 Å². The number of aliphatic hydroxyl groups excluding tert-OH is 1. The van der Waals surface area contributed by atoms with Gasteiger partial charge in [0.2, 0.25) is 0 Å². The maximum Gasteiger partial charge on any atom is 0.123 e. The highest BCUT2D eigenvalue weighted by molar-refractivity contribution is 5.29. The number of benzene rings is 1. The molecule has 0 bridgehead atoms. The first-order chi connectivity index (χ1) is 8.61. The zero-order valence-corrected chi connectivity index (χ0v) is 11.1. The van der Waals surface area contributed by atoms with Gasteiger partial charge in [0, 0.05) is 6.04 Å². The van der Waals surface area contributed by atoms with Crippen molar-refractivity contribution in [3.63, 3.8) is 0 Å². The molecule has 0 saturated carbocycles. The lowest BCUT2D eigenvalue weighted by atomic mass is 9.85. The van der Waals surface area contributed by atoms with Crippen molar-refractivity contribution in [3.05, 3.63) is 35.1 Å². The van der Waals surface area contributed by atoms with Gasteiger partial charge in [0.1, 0.15) is 5.82 Å². The van der Waals surface area contributed by atoms with E-state index in [1.54, 1.807) is 6.07 Å². The molecular weight excluding hydrogens is 229 g/mol. The zero-order chi connectivity index (χ0) is 13.1. The lowest BCUT2D eigenvalue weighted by Crippen LogP contribution is -2.42. The second kappa shape index (κ2) is 5.81. The van der Waals surface area contributed by atoms with Gasteiger partial charge in [0.15, 0.2) is 0 Å². The molecule has 2 rings (SSSR count). The number of piperidine rings is 1. The molecule has 100 valence electrons. The highest BCUT2D eigenvalue weighted by Gasteiger charge is 2.27. The van der Waals surface area contributed by atoms with Crippen LogP contribution in [0.1, 0.15) is 43.4 Å². The van der Waals surface area contributed by atoms with E-state index < -0.39 is 6.10 Å². The minimum absolute atomic E-state index is 0.0906. The van der Waals surface area contributed by atoms with Gasteiger partial charge in [0.05, 0.1) is 6.10 Å². The van der Waals surface area contributed by atoms with Gasteiger partial charge >= 0.3 is 0 Å². The van der Waals surface area contributed by atoms with E-state index in [0.717, 1.165) is 30.5 Å². The largest absolute Gasteiger partial charge is 0.387 e. The Balaban J connectivity index is 2.12. The van der Waals surface area contributed by atoms with Crippen molar-refractivity contribution in [1.82, 2.24) is 5.32 Å². The summed E-state index contributed by atoms with van der Waals surface area (Å²) in [5.74, 6) is 0.443. The van der Waals surface area contributed by atoms with Crippen molar-refractivity contribution in [2.75, 3.05) is 6.54 Å². The van der Waals surface area contributed by atoms with Gasteiger partial charge in [-0.15, -0.1) is 0 Å². The summed E-state index contributed by atoms with van der Waals surface area (Å²) in [4.78, 5) is 0. The quantitative estimate of drug-likeness (QED) is 0.865.